The summed E-state index contributed by atoms with van der Waals surface area (Å²) in [5, 5.41) is 12.6. The van der Waals surface area contributed by atoms with E-state index in [4.69, 9.17) is 34.2 Å². The number of nitrogens with two attached hydrogens (primary N) is 1. The van der Waals surface area contributed by atoms with Crippen LogP contribution >= 0.6 is 0 Å². The largest absolute Gasteiger partial charge is 0.480 e. The number of carbonyl (C=O) groups is 2. The van der Waals surface area contributed by atoms with Gasteiger partial charge in [-0.05, 0) is 38.9 Å². The lowest BCUT2D eigenvalue weighted by Crippen LogP contribution is -2.66. The summed E-state index contributed by atoms with van der Waals surface area (Å²) < 4.78 is 38.1. The molecule has 5 aromatic carbocycles. The number of benzene rings is 5. The average molecular weight is 759 g/mol. The maximum atomic E-state index is 13.9. The predicted molar refractivity (Wildman–Crippen MR) is 208 cm³/mol. The van der Waals surface area contributed by atoms with E-state index in [1.54, 1.807) is 0 Å². The first-order chi connectivity index (χ1) is 27.4. The first-order valence-corrected chi connectivity index (χ1v) is 18.7. The third-order valence-electron chi connectivity index (χ3n) is 10.00. The van der Waals surface area contributed by atoms with E-state index in [2.05, 4.69) is 17.4 Å². The highest BCUT2D eigenvalue weighted by atomic mass is 16.7. The monoisotopic (exact) mass is 758 g/mol. The van der Waals surface area contributed by atoms with Crippen molar-refractivity contribution in [3.8, 4) is 11.1 Å². The Kier molecular flexibility index (Phi) is 13.2. The fraction of sp³-hybridized carbons (Fsp3) is 0.289. The molecule has 0 spiro atoms. The lowest BCUT2D eigenvalue weighted by atomic mass is 9.96. The van der Waals surface area contributed by atoms with E-state index in [1.165, 1.54) is 0 Å². The molecule has 0 unspecified atom stereocenters. The number of aliphatic carboxylic acids is 1. The number of carboxylic acid groups (broad SMARTS) is 1. The summed E-state index contributed by atoms with van der Waals surface area (Å²) in [5.41, 5.74) is 13.0. The van der Waals surface area contributed by atoms with E-state index in [0.29, 0.717) is 6.61 Å². The van der Waals surface area contributed by atoms with Crippen molar-refractivity contribution in [1.29, 1.82) is 0 Å². The van der Waals surface area contributed by atoms with Gasteiger partial charge in [0.15, 0.2) is 6.29 Å². The van der Waals surface area contributed by atoms with Crippen molar-refractivity contribution in [1.82, 2.24) is 5.32 Å². The summed E-state index contributed by atoms with van der Waals surface area (Å²) in [6.45, 7) is 0.422. The standard InChI is InChI=1S/C45H46N2O9/c46-38(43(48)49)28-54-44-40(47-45(50)55-27-37-35-22-12-10-20-33(35)34-21-11-13-23-36(34)37)42(53-26-32-18-8-3-9-19-32)41(52-25-31-16-6-2-7-17-31)39(56-44)29-51-24-30-14-4-1-5-15-30/h1-23,37-42,44H,24-29,46H2,(H,47,50)(H,48,49)/t38-,39+,40+,41-,42+,44-/m0/s1. The maximum absolute atomic E-state index is 13.9. The van der Waals surface area contributed by atoms with Crippen molar-refractivity contribution in [3.05, 3.63) is 167 Å². The van der Waals surface area contributed by atoms with Crippen LogP contribution in [-0.2, 0) is 53.0 Å². The van der Waals surface area contributed by atoms with Crippen LogP contribution < -0.4 is 11.1 Å². The molecular weight excluding hydrogens is 712 g/mol. The van der Waals surface area contributed by atoms with Gasteiger partial charge in [-0.25, -0.2) is 4.79 Å². The SMILES string of the molecule is N[C@@H](CO[C@H]1O[C@H](COCc2ccccc2)[C@H](OCc2ccccc2)[C@H](OCc2ccccc2)[C@H]1NC(=O)OCC1c2ccccc2-c2ccccc21)C(=O)O. The van der Waals surface area contributed by atoms with Crippen LogP contribution in [0.3, 0.4) is 0 Å². The summed E-state index contributed by atoms with van der Waals surface area (Å²) in [6.07, 6.45) is -4.39. The lowest BCUT2D eigenvalue weighted by Gasteiger charge is -2.46. The highest BCUT2D eigenvalue weighted by Crippen LogP contribution is 2.44. The Morgan fingerprint density at radius 2 is 1.14 bits per heavy atom. The van der Waals surface area contributed by atoms with E-state index < -0.39 is 55.4 Å². The minimum absolute atomic E-state index is 0.0715. The van der Waals surface area contributed by atoms with E-state index in [0.717, 1.165) is 38.9 Å². The van der Waals surface area contributed by atoms with Crippen LogP contribution in [0.5, 0.6) is 0 Å². The Hall–Kier alpha value is -5.40. The van der Waals surface area contributed by atoms with Gasteiger partial charge in [0.2, 0.25) is 0 Å². The molecule has 1 aliphatic carbocycles. The second-order valence-electron chi connectivity index (χ2n) is 13.8. The van der Waals surface area contributed by atoms with Crippen LogP contribution in [0.25, 0.3) is 11.1 Å². The van der Waals surface area contributed by atoms with Gasteiger partial charge in [-0.1, -0.05) is 140 Å². The van der Waals surface area contributed by atoms with Gasteiger partial charge < -0.3 is 44.6 Å². The predicted octanol–water partition coefficient (Wildman–Crippen LogP) is 6.43. The molecule has 11 heteroatoms. The van der Waals surface area contributed by atoms with Crippen molar-refractivity contribution in [2.45, 2.75) is 62.4 Å². The molecule has 290 valence electrons. The molecule has 0 aromatic heterocycles. The van der Waals surface area contributed by atoms with Gasteiger partial charge >= 0.3 is 12.1 Å². The number of hydrogen-bond acceptors (Lipinski definition) is 9. The maximum Gasteiger partial charge on any atom is 0.407 e. The number of carboxylic acids is 1. The van der Waals surface area contributed by atoms with Gasteiger partial charge in [0.05, 0.1) is 33.0 Å². The quantitative estimate of drug-likeness (QED) is 0.0969. The third kappa shape index (κ3) is 9.69. The molecule has 1 aliphatic heterocycles. The molecule has 5 aromatic rings. The summed E-state index contributed by atoms with van der Waals surface area (Å²) in [7, 11) is 0. The molecule has 4 N–H and O–H groups in total. The summed E-state index contributed by atoms with van der Waals surface area (Å²) in [4.78, 5) is 25.7. The van der Waals surface area contributed by atoms with Crippen LogP contribution in [0.15, 0.2) is 140 Å². The zero-order valence-electron chi connectivity index (χ0n) is 30.9. The molecule has 1 saturated heterocycles. The summed E-state index contributed by atoms with van der Waals surface area (Å²) >= 11 is 0. The van der Waals surface area contributed by atoms with Gasteiger partial charge in [-0.15, -0.1) is 0 Å². The van der Waals surface area contributed by atoms with Crippen molar-refractivity contribution in [2.24, 2.45) is 5.73 Å². The molecule has 6 atom stereocenters. The summed E-state index contributed by atoms with van der Waals surface area (Å²) in [5.74, 6) is -1.42. The Morgan fingerprint density at radius 1 is 0.643 bits per heavy atom. The second kappa shape index (κ2) is 19.0. The molecule has 1 heterocycles. The van der Waals surface area contributed by atoms with Gasteiger partial charge in [0.25, 0.3) is 0 Å². The highest BCUT2D eigenvalue weighted by Gasteiger charge is 2.49. The minimum atomic E-state index is -1.35. The molecule has 1 amide bonds. The fourth-order valence-electron chi connectivity index (χ4n) is 7.18. The number of alkyl carbamates (subject to hydrolysis) is 1. The number of fused-ring (bicyclic) bond motifs is 3. The molecule has 56 heavy (non-hydrogen) atoms. The first-order valence-electron chi connectivity index (χ1n) is 18.7. The van der Waals surface area contributed by atoms with Crippen LogP contribution in [0.1, 0.15) is 33.7 Å². The van der Waals surface area contributed by atoms with Gasteiger partial charge in [-0.3, -0.25) is 4.79 Å². The Bertz CT molecular complexity index is 1970. The zero-order valence-corrected chi connectivity index (χ0v) is 30.9. The number of hydrogen-bond donors (Lipinski definition) is 3. The van der Waals surface area contributed by atoms with E-state index in [9.17, 15) is 14.7 Å². The van der Waals surface area contributed by atoms with Crippen LogP contribution in [0, 0.1) is 0 Å². The molecule has 2 aliphatic rings. The van der Waals surface area contributed by atoms with Crippen molar-refractivity contribution < 1.29 is 43.1 Å². The normalized spacial score (nSPS) is 20.8. The fourth-order valence-corrected chi connectivity index (χ4v) is 7.18. The smallest absolute Gasteiger partial charge is 0.407 e. The Morgan fingerprint density at radius 3 is 1.70 bits per heavy atom. The summed E-state index contributed by atoms with van der Waals surface area (Å²) in [6, 6.07) is 42.9. The Labute approximate surface area is 326 Å². The highest BCUT2D eigenvalue weighted by molar-refractivity contribution is 5.79. The number of amides is 1. The molecule has 0 saturated carbocycles. The first kappa shape index (κ1) is 38.9. The van der Waals surface area contributed by atoms with Crippen molar-refractivity contribution in [2.75, 3.05) is 19.8 Å². The third-order valence-corrected chi connectivity index (χ3v) is 10.00. The molecular formula is C45H46N2O9. The molecule has 1 fully saturated rings. The van der Waals surface area contributed by atoms with Crippen LogP contribution in [0.4, 0.5) is 4.79 Å². The van der Waals surface area contributed by atoms with E-state index in [-0.39, 0.29) is 32.3 Å². The molecule has 7 rings (SSSR count). The molecule has 0 bridgehead atoms. The number of carbonyl (C=O) groups excluding carboxylic acids is 1. The zero-order chi connectivity index (χ0) is 38.7. The van der Waals surface area contributed by atoms with E-state index in [1.807, 2.05) is 127 Å². The van der Waals surface area contributed by atoms with Crippen LogP contribution in [0.2, 0.25) is 0 Å². The van der Waals surface area contributed by atoms with Gasteiger partial charge in [0.1, 0.15) is 37.0 Å². The van der Waals surface area contributed by atoms with Crippen molar-refractivity contribution >= 4 is 12.1 Å². The number of ether oxygens (including phenoxy) is 6. The average Bonchev–Trinajstić information content (AvgIpc) is 3.56. The second-order valence-corrected chi connectivity index (χ2v) is 13.8. The van der Waals surface area contributed by atoms with Gasteiger partial charge in [-0.2, -0.15) is 0 Å². The molecule has 0 radical (unpaired) electrons. The lowest BCUT2D eigenvalue weighted by molar-refractivity contribution is -0.290. The van der Waals surface area contributed by atoms with Crippen molar-refractivity contribution in [3.63, 3.8) is 0 Å². The topological polar surface area (TPSA) is 148 Å². The molecule has 11 nitrogen and oxygen atoms in total. The Balaban J connectivity index is 1.17. The number of nitrogens with one attached hydrogen (secondary N) is 1. The van der Waals surface area contributed by atoms with E-state index >= 15 is 0 Å². The number of rotatable bonds is 17. The van der Waals surface area contributed by atoms with Gasteiger partial charge in [0, 0.05) is 5.92 Å². The van der Waals surface area contributed by atoms with Crippen LogP contribution in [-0.4, -0.2) is 73.7 Å². The minimum Gasteiger partial charge on any atom is -0.480 e.